The molecular weight excluding hydrogens is 348 g/mol. The molecule has 0 radical (unpaired) electrons. The number of aromatic nitrogens is 1. The highest BCUT2D eigenvalue weighted by Crippen LogP contribution is 2.34. The maximum atomic E-state index is 12.2. The lowest BCUT2D eigenvalue weighted by molar-refractivity contribution is 0.0127. The van der Waals surface area contributed by atoms with E-state index in [1.54, 1.807) is 16.2 Å². The van der Waals surface area contributed by atoms with Gasteiger partial charge in [0.25, 0.3) is 0 Å². The lowest BCUT2D eigenvalue weighted by Crippen LogP contribution is -2.44. The summed E-state index contributed by atoms with van der Waals surface area (Å²) in [4.78, 5) is 18.4. The zero-order chi connectivity index (χ0) is 18.7. The Morgan fingerprint density at radius 3 is 2.62 bits per heavy atom. The van der Waals surface area contributed by atoms with Gasteiger partial charge in [-0.2, -0.15) is 0 Å². The largest absolute Gasteiger partial charge is 0.490 e. The Morgan fingerprint density at radius 2 is 2.00 bits per heavy atom. The molecule has 2 aromatic rings. The highest BCUT2D eigenvalue weighted by Gasteiger charge is 2.28. The molecule has 0 N–H and O–H groups in total. The molecule has 0 bridgehead atoms. The van der Waals surface area contributed by atoms with Gasteiger partial charge in [-0.1, -0.05) is 11.6 Å². The fourth-order valence-electron chi connectivity index (χ4n) is 2.93. The minimum atomic E-state index is -0.463. The van der Waals surface area contributed by atoms with Gasteiger partial charge in [0.05, 0.1) is 5.56 Å². The summed E-state index contributed by atoms with van der Waals surface area (Å²) in [6.45, 7) is 9.03. The van der Waals surface area contributed by atoms with Gasteiger partial charge in [-0.15, -0.1) is 11.3 Å². The highest BCUT2D eigenvalue weighted by molar-refractivity contribution is 7.13. The predicted octanol–water partition coefficient (Wildman–Crippen LogP) is 4.90. The van der Waals surface area contributed by atoms with Crippen molar-refractivity contribution in [1.29, 1.82) is 0 Å². The van der Waals surface area contributed by atoms with Gasteiger partial charge in [0, 0.05) is 37.5 Å². The second kappa shape index (κ2) is 7.66. The molecule has 140 valence electrons. The van der Waals surface area contributed by atoms with E-state index < -0.39 is 5.60 Å². The van der Waals surface area contributed by atoms with Crippen molar-refractivity contribution in [2.24, 2.45) is 0 Å². The van der Waals surface area contributed by atoms with Crippen LogP contribution in [-0.4, -0.2) is 40.8 Å². The van der Waals surface area contributed by atoms with Gasteiger partial charge in [-0.05, 0) is 39.8 Å². The number of benzene rings is 1. The molecule has 1 fully saturated rings. The Hall–Kier alpha value is -2.08. The average molecular weight is 375 g/mol. The minimum absolute atomic E-state index is 0.0927. The molecule has 2 heterocycles. The summed E-state index contributed by atoms with van der Waals surface area (Å²) in [7, 11) is 0. The van der Waals surface area contributed by atoms with Crippen LogP contribution in [0.2, 0.25) is 0 Å². The predicted molar refractivity (Wildman–Crippen MR) is 104 cm³/mol. The lowest BCUT2D eigenvalue weighted by atomic mass is 10.1. The van der Waals surface area contributed by atoms with E-state index in [1.165, 1.54) is 5.56 Å². The molecule has 5 nitrogen and oxygen atoms in total. The maximum Gasteiger partial charge on any atom is 0.410 e. The Morgan fingerprint density at radius 1 is 1.27 bits per heavy atom. The summed E-state index contributed by atoms with van der Waals surface area (Å²) in [5.74, 6) is 0.862. The van der Waals surface area contributed by atoms with Crippen LogP contribution in [0.5, 0.6) is 5.75 Å². The maximum absolute atomic E-state index is 12.2. The molecular formula is C20H26N2O3S. The van der Waals surface area contributed by atoms with Crippen molar-refractivity contribution >= 4 is 17.4 Å². The van der Waals surface area contributed by atoms with E-state index >= 15 is 0 Å². The summed E-state index contributed by atoms with van der Waals surface area (Å²) in [5.41, 5.74) is 1.76. The first kappa shape index (κ1) is 18.7. The number of rotatable bonds is 3. The monoisotopic (exact) mass is 374 g/mol. The molecule has 1 amide bonds. The fraction of sp³-hybridized carbons (Fsp3) is 0.500. The van der Waals surface area contributed by atoms with Crippen molar-refractivity contribution in [2.45, 2.75) is 52.2 Å². The third-order valence-electron chi connectivity index (χ3n) is 4.19. The standard InChI is InChI=1S/C20H26N2O3S/c1-14-5-6-17(16(13-14)18-21-9-12-26-18)24-15-7-10-22(11-8-15)19(23)25-20(2,3)4/h5-6,9,12-13,15H,7-8,10-11H2,1-4H3. The summed E-state index contributed by atoms with van der Waals surface area (Å²) >= 11 is 1.61. The van der Waals surface area contributed by atoms with E-state index in [9.17, 15) is 4.79 Å². The van der Waals surface area contributed by atoms with Gasteiger partial charge in [-0.25, -0.2) is 9.78 Å². The van der Waals surface area contributed by atoms with Crippen LogP contribution in [0.4, 0.5) is 4.79 Å². The number of hydrogen-bond donors (Lipinski definition) is 0. The van der Waals surface area contributed by atoms with Gasteiger partial charge >= 0.3 is 6.09 Å². The molecule has 6 heteroatoms. The number of likely N-dealkylation sites (tertiary alicyclic amines) is 1. The zero-order valence-electron chi connectivity index (χ0n) is 15.8. The number of carbonyl (C=O) groups excluding carboxylic acids is 1. The molecule has 0 spiro atoms. The van der Waals surface area contributed by atoms with Crippen LogP contribution in [0.3, 0.4) is 0 Å². The molecule has 1 aliphatic rings. The van der Waals surface area contributed by atoms with Gasteiger partial charge in [0.15, 0.2) is 0 Å². The summed E-state index contributed by atoms with van der Waals surface area (Å²) in [6.07, 6.45) is 3.25. The number of ether oxygens (including phenoxy) is 2. The van der Waals surface area contributed by atoms with E-state index in [4.69, 9.17) is 9.47 Å². The van der Waals surface area contributed by atoms with Crippen LogP contribution < -0.4 is 4.74 Å². The van der Waals surface area contributed by atoms with Crippen molar-refractivity contribution in [3.63, 3.8) is 0 Å². The Labute approximate surface area is 159 Å². The molecule has 1 aromatic carbocycles. The van der Waals surface area contributed by atoms with E-state index in [2.05, 4.69) is 24.0 Å². The zero-order valence-corrected chi connectivity index (χ0v) is 16.6. The van der Waals surface area contributed by atoms with Crippen LogP contribution in [0.25, 0.3) is 10.6 Å². The number of aryl methyl sites for hydroxylation is 1. The van der Waals surface area contributed by atoms with Crippen LogP contribution in [0.15, 0.2) is 29.8 Å². The first-order valence-electron chi connectivity index (χ1n) is 8.97. The van der Waals surface area contributed by atoms with Crippen LogP contribution >= 0.6 is 11.3 Å². The third-order valence-corrected chi connectivity index (χ3v) is 4.99. The van der Waals surface area contributed by atoms with E-state index in [1.807, 2.05) is 38.4 Å². The van der Waals surface area contributed by atoms with Crippen LogP contribution in [0.1, 0.15) is 39.2 Å². The topological polar surface area (TPSA) is 51.7 Å². The first-order valence-corrected chi connectivity index (χ1v) is 9.85. The number of thiazole rings is 1. The van der Waals surface area contributed by atoms with Gasteiger partial charge in [0.1, 0.15) is 22.5 Å². The van der Waals surface area contributed by atoms with Gasteiger partial charge < -0.3 is 14.4 Å². The molecule has 3 rings (SSSR count). The molecule has 0 saturated carbocycles. The minimum Gasteiger partial charge on any atom is -0.490 e. The molecule has 1 saturated heterocycles. The number of piperidine rings is 1. The summed E-state index contributed by atoms with van der Waals surface area (Å²) in [6, 6.07) is 6.19. The van der Waals surface area contributed by atoms with Crippen LogP contribution in [0, 0.1) is 6.92 Å². The number of nitrogens with zero attached hydrogens (tertiary/aromatic N) is 2. The Balaban J connectivity index is 1.63. The molecule has 0 aliphatic carbocycles. The van der Waals surface area contributed by atoms with Crippen LogP contribution in [-0.2, 0) is 4.74 Å². The van der Waals surface area contributed by atoms with Gasteiger partial charge in [0.2, 0.25) is 0 Å². The smallest absolute Gasteiger partial charge is 0.410 e. The third kappa shape index (κ3) is 4.75. The average Bonchev–Trinajstić information content (AvgIpc) is 3.10. The molecule has 26 heavy (non-hydrogen) atoms. The Bertz CT molecular complexity index is 745. The molecule has 0 unspecified atom stereocenters. The van der Waals surface area contributed by atoms with E-state index in [-0.39, 0.29) is 12.2 Å². The normalized spacial score (nSPS) is 15.8. The molecule has 1 aromatic heterocycles. The van der Waals surface area contributed by atoms with Crippen molar-refractivity contribution in [3.05, 3.63) is 35.3 Å². The molecule has 1 aliphatic heterocycles. The SMILES string of the molecule is Cc1ccc(OC2CCN(C(=O)OC(C)(C)C)CC2)c(-c2nccs2)c1. The summed E-state index contributed by atoms with van der Waals surface area (Å²) < 4.78 is 11.7. The van der Waals surface area contributed by atoms with Gasteiger partial charge in [-0.3, -0.25) is 0 Å². The second-order valence-electron chi connectivity index (χ2n) is 7.62. The van der Waals surface area contributed by atoms with E-state index in [0.717, 1.165) is 29.2 Å². The summed E-state index contributed by atoms with van der Waals surface area (Å²) in [5, 5.41) is 2.94. The second-order valence-corrected chi connectivity index (χ2v) is 8.52. The van der Waals surface area contributed by atoms with E-state index in [0.29, 0.717) is 13.1 Å². The number of amides is 1. The van der Waals surface area contributed by atoms with Crippen molar-refractivity contribution in [2.75, 3.05) is 13.1 Å². The quantitative estimate of drug-likeness (QED) is 0.767. The lowest BCUT2D eigenvalue weighted by Gasteiger charge is -2.33. The fourth-order valence-corrected chi connectivity index (χ4v) is 3.59. The number of carbonyl (C=O) groups is 1. The Kier molecular flexibility index (Phi) is 5.51. The molecule has 0 atom stereocenters. The van der Waals surface area contributed by atoms with Crippen molar-refractivity contribution in [1.82, 2.24) is 9.88 Å². The first-order chi connectivity index (χ1) is 12.3. The van der Waals surface area contributed by atoms with Crippen molar-refractivity contribution in [3.8, 4) is 16.3 Å². The highest BCUT2D eigenvalue weighted by atomic mass is 32.1. The van der Waals surface area contributed by atoms with Crippen molar-refractivity contribution < 1.29 is 14.3 Å². The number of hydrogen-bond acceptors (Lipinski definition) is 5.